The SMILES string of the molecule is CN(C)C(=O)N1C[C@@H]2OCCN(CCN3CCCC3)[C@@H]2C1.O=C(O)C(F)(F)F.O=C(O)C(F)(F)F. The Bertz CT molecular complexity index is 691. The van der Waals surface area contributed by atoms with Gasteiger partial charge in [0, 0.05) is 40.3 Å². The standard InChI is InChI=1S/C15H28N4O2.2C2HF3O2/c1-16(2)15(20)19-11-13-14(12-19)21-10-9-18(13)8-7-17-5-3-4-6-17;2*3-2(4,5)1(6)7/h13-14H,3-12H2,1-2H3;2*(H,6,7)/t13-,14+;;/m1../s1. The topological polar surface area (TPSA) is 114 Å². The van der Waals surface area contributed by atoms with E-state index < -0.39 is 24.3 Å². The lowest BCUT2D eigenvalue weighted by Gasteiger charge is -2.37. The van der Waals surface area contributed by atoms with Crippen molar-refractivity contribution >= 4 is 18.0 Å². The summed E-state index contributed by atoms with van der Waals surface area (Å²) in [4.78, 5) is 38.6. The maximum Gasteiger partial charge on any atom is 0.490 e. The van der Waals surface area contributed by atoms with Crippen molar-refractivity contribution in [2.45, 2.75) is 37.3 Å². The Morgan fingerprint density at radius 3 is 1.80 bits per heavy atom. The van der Waals surface area contributed by atoms with E-state index in [4.69, 9.17) is 24.5 Å². The summed E-state index contributed by atoms with van der Waals surface area (Å²) in [5.41, 5.74) is 0. The number of aliphatic carboxylic acids is 2. The summed E-state index contributed by atoms with van der Waals surface area (Å²) in [5, 5.41) is 14.2. The zero-order chi connectivity index (χ0) is 27.0. The number of ether oxygens (including phenoxy) is 1. The van der Waals surface area contributed by atoms with Crippen LogP contribution in [0.2, 0.25) is 0 Å². The van der Waals surface area contributed by atoms with Gasteiger partial charge in [-0.3, -0.25) is 4.90 Å². The summed E-state index contributed by atoms with van der Waals surface area (Å²) >= 11 is 0. The van der Waals surface area contributed by atoms with E-state index in [9.17, 15) is 31.1 Å². The number of nitrogens with zero attached hydrogens (tertiary/aromatic N) is 4. The number of urea groups is 1. The normalized spacial score (nSPS) is 22.9. The number of morpholine rings is 1. The highest BCUT2D eigenvalue weighted by Crippen LogP contribution is 2.23. The number of likely N-dealkylation sites (tertiary alicyclic amines) is 2. The van der Waals surface area contributed by atoms with Crippen LogP contribution < -0.4 is 0 Å². The first kappa shape index (κ1) is 30.7. The van der Waals surface area contributed by atoms with Crippen molar-refractivity contribution < 1.29 is 55.7 Å². The Morgan fingerprint density at radius 2 is 1.37 bits per heavy atom. The highest BCUT2D eigenvalue weighted by atomic mass is 19.4. The lowest BCUT2D eigenvalue weighted by molar-refractivity contribution is -0.193. The molecule has 3 aliphatic heterocycles. The van der Waals surface area contributed by atoms with E-state index in [2.05, 4.69) is 9.80 Å². The third kappa shape index (κ3) is 10.4. The number of hydrogen-bond acceptors (Lipinski definition) is 6. The molecule has 10 nitrogen and oxygen atoms in total. The van der Waals surface area contributed by atoms with Gasteiger partial charge in [0.2, 0.25) is 0 Å². The number of carboxylic acids is 2. The average Bonchev–Trinajstić information content (AvgIpc) is 3.41. The molecule has 0 aromatic rings. The minimum absolute atomic E-state index is 0.104. The second-order valence-corrected chi connectivity index (χ2v) is 8.25. The number of rotatable bonds is 3. The number of carboxylic acid groups (broad SMARTS) is 2. The summed E-state index contributed by atoms with van der Waals surface area (Å²) in [7, 11) is 3.63. The molecular weight excluding hydrogens is 494 g/mol. The number of fused-ring (bicyclic) bond motifs is 1. The molecule has 2 amide bonds. The van der Waals surface area contributed by atoms with Gasteiger partial charge in [0.25, 0.3) is 0 Å². The first-order valence-corrected chi connectivity index (χ1v) is 10.7. The summed E-state index contributed by atoms with van der Waals surface area (Å²) in [6, 6.07) is 0.484. The summed E-state index contributed by atoms with van der Waals surface area (Å²) < 4.78 is 69.4. The molecule has 35 heavy (non-hydrogen) atoms. The van der Waals surface area contributed by atoms with Crippen LogP contribution in [-0.2, 0) is 14.3 Å². The lowest BCUT2D eigenvalue weighted by atomic mass is 10.1. The van der Waals surface area contributed by atoms with E-state index >= 15 is 0 Å². The molecule has 0 saturated carbocycles. The molecule has 0 bridgehead atoms. The van der Waals surface area contributed by atoms with E-state index in [0.717, 1.165) is 39.3 Å². The fraction of sp³-hybridized carbons (Fsp3) is 0.842. The Balaban J connectivity index is 0.000000362. The number of carbonyl (C=O) groups is 3. The van der Waals surface area contributed by atoms with Gasteiger partial charge in [-0.2, -0.15) is 26.3 Å². The van der Waals surface area contributed by atoms with Crippen LogP contribution in [0.4, 0.5) is 31.1 Å². The van der Waals surface area contributed by atoms with Crippen LogP contribution in [0.15, 0.2) is 0 Å². The fourth-order valence-electron chi connectivity index (χ4n) is 3.75. The third-order valence-corrected chi connectivity index (χ3v) is 5.46. The molecule has 3 saturated heterocycles. The highest BCUT2D eigenvalue weighted by Gasteiger charge is 2.42. The fourth-order valence-corrected chi connectivity index (χ4v) is 3.75. The summed E-state index contributed by atoms with van der Waals surface area (Å²) in [6.45, 7) is 8.11. The van der Waals surface area contributed by atoms with Crippen LogP contribution in [0.1, 0.15) is 12.8 Å². The van der Waals surface area contributed by atoms with Crippen LogP contribution in [0.3, 0.4) is 0 Å². The smallest absolute Gasteiger partial charge is 0.475 e. The van der Waals surface area contributed by atoms with Crippen molar-refractivity contribution in [2.24, 2.45) is 0 Å². The van der Waals surface area contributed by atoms with Gasteiger partial charge < -0.3 is 29.6 Å². The van der Waals surface area contributed by atoms with Crippen molar-refractivity contribution in [1.29, 1.82) is 0 Å². The van der Waals surface area contributed by atoms with Gasteiger partial charge in [-0.1, -0.05) is 0 Å². The number of carbonyl (C=O) groups excluding carboxylic acids is 1. The molecule has 3 rings (SSSR count). The summed E-state index contributed by atoms with van der Waals surface area (Å²) in [6.07, 6.45) is -7.28. The van der Waals surface area contributed by atoms with Crippen molar-refractivity contribution in [3.8, 4) is 0 Å². The minimum atomic E-state index is -5.08. The van der Waals surface area contributed by atoms with Gasteiger partial charge in [-0.05, 0) is 25.9 Å². The van der Waals surface area contributed by atoms with Crippen molar-refractivity contribution in [2.75, 3.05) is 66.5 Å². The van der Waals surface area contributed by atoms with Gasteiger partial charge in [-0.25, -0.2) is 14.4 Å². The maximum absolute atomic E-state index is 12.1. The minimum Gasteiger partial charge on any atom is -0.475 e. The molecule has 0 unspecified atom stereocenters. The quantitative estimate of drug-likeness (QED) is 0.533. The third-order valence-electron chi connectivity index (χ3n) is 5.46. The van der Waals surface area contributed by atoms with Crippen LogP contribution >= 0.6 is 0 Å². The molecular formula is C19H30F6N4O6. The zero-order valence-electron chi connectivity index (χ0n) is 19.3. The Kier molecular flexibility index (Phi) is 11.5. The number of alkyl halides is 6. The first-order chi connectivity index (χ1) is 16.0. The Labute approximate surface area is 198 Å². The lowest BCUT2D eigenvalue weighted by Crippen LogP contribution is -2.52. The maximum atomic E-state index is 12.1. The van der Waals surface area contributed by atoms with E-state index in [1.807, 2.05) is 19.0 Å². The second kappa shape index (κ2) is 13.1. The van der Waals surface area contributed by atoms with Gasteiger partial charge in [0.1, 0.15) is 0 Å². The molecule has 3 fully saturated rings. The van der Waals surface area contributed by atoms with Crippen LogP contribution in [0, 0.1) is 0 Å². The molecule has 3 aliphatic rings. The van der Waals surface area contributed by atoms with Gasteiger partial charge in [0.15, 0.2) is 0 Å². The van der Waals surface area contributed by atoms with Gasteiger partial charge in [-0.15, -0.1) is 0 Å². The van der Waals surface area contributed by atoms with E-state index in [1.54, 1.807) is 4.90 Å². The number of amides is 2. The molecule has 0 aromatic carbocycles. The molecule has 2 atom stereocenters. The van der Waals surface area contributed by atoms with Gasteiger partial charge >= 0.3 is 30.3 Å². The zero-order valence-corrected chi connectivity index (χ0v) is 19.3. The van der Waals surface area contributed by atoms with Crippen molar-refractivity contribution in [1.82, 2.24) is 19.6 Å². The molecule has 0 radical (unpaired) electrons. The van der Waals surface area contributed by atoms with Crippen molar-refractivity contribution in [3.63, 3.8) is 0 Å². The summed E-state index contributed by atoms with van der Waals surface area (Å²) in [5.74, 6) is -5.51. The largest absolute Gasteiger partial charge is 0.490 e. The van der Waals surface area contributed by atoms with E-state index in [1.165, 1.54) is 25.9 Å². The molecule has 2 N–H and O–H groups in total. The van der Waals surface area contributed by atoms with E-state index in [0.29, 0.717) is 6.04 Å². The first-order valence-electron chi connectivity index (χ1n) is 10.7. The highest BCUT2D eigenvalue weighted by molar-refractivity contribution is 5.74. The second-order valence-electron chi connectivity index (χ2n) is 8.25. The molecule has 0 aliphatic carbocycles. The number of halogens is 6. The predicted molar refractivity (Wildman–Crippen MR) is 109 cm³/mol. The van der Waals surface area contributed by atoms with Crippen LogP contribution in [0.5, 0.6) is 0 Å². The molecule has 0 spiro atoms. The Morgan fingerprint density at radius 1 is 0.886 bits per heavy atom. The van der Waals surface area contributed by atoms with Gasteiger partial charge in [0.05, 0.1) is 25.3 Å². The number of hydrogen-bond donors (Lipinski definition) is 2. The average molecular weight is 524 g/mol. The van der Waals surface area contributed by atoms with Crippen LogP contribution in [0.25, 0.3) is 0 Å². The molecule has 204 valence electrons. The monoisotopic (exact) mass is 524 g/mol. The van der Waals surface area contributed by atoms with E-state index in [-0.39, 0.29) is 12.1 Å². The van der Waals surface area contributed by atoms with Crippen molar-refractivity contribution in [3.05, 3.63) is 0 Å². The molecule has 16 heteroatoms. The molecule has 3 heterocycles. The Hall–Kier alpha value is -2.33. The molecule has 0 aromatic heterocycles. The van der Waals surface area contributed by atoms with Crippen LogP contribution in [-0.4, -0.2) is 139 Å². The predicted octanol–water partition coefficient (Wildman–Crippen LogP) is 1.42.